The molecule has 2 heteroatoms. The molecule has 0 saturated heterocycles. The number of benzene rings is 2. The summed E-state index contributed by atoms with van der Waals surface area (Å²) in [5, 5.41) is 0. The second-order valence-electron chi connectivity index (χ2n) is 4.63. The Kier molecular flexibility index (Phi) is 3.41. The Balaban J connectivity index is 1.94. The van der Waals surface area contributed by atoms with Gasteiger partial charge in [-0.2, -0.15) is 0 Å². The van der Waals surface area contributed by atoms with E-state index in [2.05, 4.69) is 70.2 Å². The van der Waals surface area contributed by atoms with Crippen LogP contribution in [0.1, 0.15) is 17.2 Å². The predicted octanol–water partition coefficient (Wildman–Crippen LogP) is 3.72. The highest BCUT2D eigenvalue weighted by Gasteiger charge is 2.13. The van der Waals surface area contributed by atoms with Gasteiger partial charge in [-0.25, -0.2) is 4.98 Å². The van der Waals surface area contributed by atoms with Gasteiger partial charge in [-0.05, 0) is 17.5 Å². The Morgan fingerprint density at radius 1 is 0.895 bits per heavy atom. The summed E-state index contributed by atoms with van der Waals surface area (Å²) >= 11 is 0. The number of nitrogens with zero attached hydrogens (tertiary/aromatic N) is 2. The van der Waals surface area contributed by atoms with Crippen molar-refractivity contribution >= 4 is 0 Å². The highest BCUT2D eigenvalue weighted by Crippen LogP contribution is 2.22. The van der Waals surface area contributed by atoms with Crippen LogP contribution >= 0.6 is 0 Å². The standard InChI is InChI=1S/C17H16N2/c1-3-7-15(8-4-1)13-17(19-12-11-18-14-19)16-9-5-2-6-10-16/h1-12,14,17H,13H2. The zero-order valence-corrected chi connectivity index (χ0v) is 10.7. The SMILES string of the molecule is c1ccc(CC(c2ccccc2)n2ccnc2)cc1. The molecule has 0 bridgehead atoms. The van der Waals surface area contributed by atoms with Gasteiger partial charge < -0.3 is 4.57 Å². The summed E-state index contributed by atoms with van der Waals surface area (Å²) in [5.41, 5.74) is 2.65. The van der Waals surface area contributed by atoms with Gasteiger partial charge in [-0.1, -0.05) is 60.7 Å². The molecule has 0 aliphatic carbocycles. The summed E-state index contributed by atoms with van der Waals surface area (Å²) in [4.78, 5) is 4.17. The van der Waals surface area contributed by atoms with Crippen LogP contribution in [-0.4, -0.2) is 9.55 Å². The van der Waals surface area contributed by atoms with Gasteiger partial charge in [0.25, 0.3) is 0 Å². The molecule has 0 fully saturated rings. The van der Waals surface area contributed by atoms with E-state index < -0.39 is 0 Å². The lowest BCUT2D eigenvalue weighted by Crippen LogP contribution is -2.11. The van der Waals surface area contributed by atoms with Crippen molar-refractivity contribution in [2.24, 2.45) is 0 Å². The largest absolute Gasteiger partial charge is 0.330 e. The molecule has 3 rings (SSSR count). The van der Waals surface area contributed by atoms with Crippen LogP contribution < -0.4 is 0 Å². The quantitative estimate of drug-likeness (QED) is 0.688. The van der Waals surface area contributed by atoms with Gasteiger partial charge in [0.05, 0.1) is 12.4 Å². The maximum atomic E-state index is 4.17. The maximum Gasteiger partial charge on any atom is 0.0951 e. The molecule has 0 aliphatic rings. The summed E-state index contributed by atoms with van der Waals surface area (Å²) < 4.78 is 2.17. The van der Waals surface area contributed by atoms with E-state index in [0.29, 0.717) is 6.04 Å². The average molecular weight is 248 g/mol. The molecule has 0 radical (unpaired) electrons. The normalized spacial score (nSPS) is 12.2. The fourth-order valence-electron chi connectivity index (χ4n) is 2.36. The van der Waals surface area contributed by atoms with E-state index >= 15 is 0 Å². The lowest BCUT2D eigenvalue weighted by molar-refractivity contribution is 0.581. The van der Waals surface area contributed by atoms with Crippen molar-refractivity contribution in [3.63, 3.8) is 0 Å². The van der Waals surface area contributed by atoms with Crippen molar-refractivity contribution < 1.29 is 0 Å². The molecule has 0 amide bonds. The fourth-order valence-corrected chi connectivity index (χ4v) is 2.36. The summed E-state index contributed by atoms with van der Waals surface area (Å²) in [6.07, 6.45) is 6.73. The van der Waals surface area contributed by atoms with Gasteiger partial charge in [0.2, 0.25) is 0 Å². The van der Waals surface area contributed by atoms with E-state index in [1.165, 1.54) is 11.1 Å². The van der Waals surface area contributed by atoms with Crippen molar-refractivity contribution in [3.8, 4) is 0 Å². The van der Waals surface area contributed by atoms with Crippen LogP contribution in [0.2, 0.25) is 0 Å². The van der Waals surface area contributed by atoms with Crippen molar-refractivity contribution in [2.75, 3.05) is 0 Å². The van der Waals surface area contributed by atoms with E-state index in [-0.39, 0.29) is 0 Å². The first-order valence-corrected chi connectivity index (χ1v) is 6.50. The lowest BCUT2D eigenvalue weighted by Gasteiger charge is -2.19. The molecule has 1 aromatic heterocycles. The maximum absolute atomic E-state index is 4.17. The van der Waals surface area contributed by atoms with Gasteiger partial charge in [0.15, 0.2) is 0 Å². The first-order chi connectivity index (χ1) is 9.43. The summed E-state index contributed by atoms with van der Waals surface area (Å²) in [5.74, 6) is 0. The number of hydrogen-bond donors (Lipinski definition) is 0. The van der Waals surface area contributed by atoms with Gasteiger partial charge >= 0.3 is 0 Å². The number of imidazole rings is 1. The molecule has 0 aliphatic heterocycles. The van der Waals surface area contributed by atoms with Crippen molar-refractivity contribution in [1.82, 2.24) is 9.55 Å². The molecule has 0 spiro atoms. The van der Waals surface area contributed by atoms with Gasteiger partial charge in [-0.3, -0.25) is 0 Å². The van der Waals surface area contributed by atoms with Gasteiger partial charge in [0, 0.05) is 12.4 Å². The summed E-state index contributed by atoms with van der Waals surface area (Å²) in [6.45, 7) is 0. The lowest BCUT2D eigenvalue weighted by atomic mass is 9.99. The highest BCUT2D eigenvalue weighted by molar-refractivity contribution is 5.24. The summed E-state index contributed by atoms with van der Waals surface area (Å²) in [7, 11) is 0. The smallest absolute Gasteiger partial charge is 0.0951 e. The molecule has 3 aromatic rings. The Morgan fingerprint density at radius 3 is 2.21 bits per heavy atom. The molecule has 0 saturated carbocycles. The average Bonchev–Trinajstić information content (AvgIpc) is 3.01. The molecule has 19 heavy (non-hydrogen) atoms. The second kappa shape index (κ2) is 5.53. The molecule has 1 unspecified atom stereocenters. The van der Waals surface area contributed by atoms with Gasteiger partial charge in [-0.15, -0.1) is 0 Å². The summed E-state index contributed by atoms with van der Waals surface area (Å²) in [6, 6.07) is 21.5. The van der Waals surface area contributed by atoms with Crippen LogP contribution in [0.25, 0.3) is 0 Å². The number of hydrogen-bond acceptors (Lipinski definition) is 1. The Bertz CT molecular complexity index is 600. The number of aromatic nitrogens is 2. The van der Waals surface area contributed by atoms with Crippen LogP contribution in [0.15, 0.2) is 79.4 Å². The van der Waals surface area contributed by atoms with E-state index in [1.807, 2.05) is 18.7 Å². The van der Waals surface area contributed by atoms with E-state index in [0.717, 1.165) is 6.42 Å². The van der Waals surface area contributed by atoms with Crippen LogP contribution in [0, 0.1) is 0 Å². The molecule has 2 nitrogen and oxygen atoms in total. The molecular formula is C17H16N2. The highest BCUT2D eigenvalue weighted by atomic mass is 15.0. The van der Waals surface area contributed by atoms with E-state index in [1.54, 1.807) is 0 Å². The third-order valence-electron chi connectivity index (χ3n) is 3.34. The Morgan fingerprint density at radius 2 is 1.58 bits per heavy atom. The fraction of sp³-hybridized carbons (Fsp3) is 0.118. The molecule has 2 aromatic carbocycles. The zero-order chi connectivity index (χ0) is 12.9. The number of rotatable bonds is 4. The molecule has 1 atom stereocenters. The van der Waals surface area contributed by atoms with Crippen LogP contribution in [-0.2, 0) is 6.42 Å². The minimum Gasteiger partial charge on any atom is -0.330 e. The first kappa shape index (κ1) is 11.7. The predicted molar refractivity (Wildman–Crippen MR) is 77.0 cm³/mol. The van der Waals surface area contributed by atoms with Crippen LogP contribution in [0.3, 0.4) is 0 Å². The Labute approximate surface area is 113 Å². The molecule has 0 N–H and O–H groups in total. The Hall–Kier alpha value is -2.35. The van der Waals surface area contributed by atoms with Gasteiger partial charge in [0.1, 0.15) is 0 Å². The minimum atomic E-state index is 0.297. The third kappa shape index (κ3) is 2.74. The van der Waals surface area contributed by atoms with Crippen molar-refractivity contribution in [2.45, 2.75) is 12.5 Å². The van der Waals surface area contributed by atoms with E-state index in [9.17, 15) is 0 Å². The first-order valence-electron chi connectivity index (χ1n) is 6.50. The van der Waals surface area contributed by atoms with Crippen LogP contribution in [0.4, 0.5) is 0 Å². The van der Waals surface area contributed by atoms with E-state index in [4.69, 9.17) is 0 Å². The van der Waals surface area contributed by atoms with Crippen molar-refractivity contribution in [1.29, 1.82) is 0 Å². The van der Waals surface area contributed by atoms with Crippen molar-refractivity contribution in [3.05, 3.63) is 90.5 Å². The van der Waals surface area contributed by atoms with Crippen LogP contribution in [0.5, 0.6) is 0 Å². The second-order valence-corrected chi connectivity index (χ2v) is 4.63. The molecular weight excluding hydrogens is 232 g/mol. The zero-order valence-electron chi connectivity index (χ0n) is 10.7. The minimum absolute atomic E-state index is 0.297. The monoisotopic (exact) mass is 248 g/mol. The third-order valence-corrected chi connectivity index (χ3v) is 3.34. The molecule has 1 heterocycles. The topological polar surface area (TPSA) is 17.8 Å². The molecule has 94 valence electrons.